The van der Waals surface area contributed by atoms with Gasteiger partial charge in [0.25, 0.3) is 5.91 Å². The summed E-state index contributed by atoms with van der Waals surface area (Å²) in [5.74, 6) is 1.18. The Balaban J connectivity index is 1.73. The van der Waals surface area contributed by atoms with Gasteiger partial charge in [-0.2, -0.15) is 0 Å². The van der Waals surface area contributed by atoms with E-state index in [1.165, 1.54) is 0 Å². The number of rotatable bonds is 7. The minimum absolute atomic E-state index is 0.183. The second-order valence-electron chi connectivity index (χ2n) is 6.26. The number of benzene rings is 2. The van der Waals surface area contributed by atoms with E-state index < -0.39 is 0 Å². The lowest BCUT2D eigenvalue weighted by atomic mass is 10.1. The number of amides is 1. The van der Waals surface area contributed by atoms with Gasteiger partial charge in [0, 0.05) is 18.8 Å². The second kappa shape index (κ2) is 8.90. The van der Waals surface area contributed by atoms with Gasteiger partial charge in [-0.05, 0) is 36.2 Å². The average molecular weight is 377 g/mol. The van der Waals surface area contributed by atoms with Crippen LogP contribution in [0.4, 0.5) is 11.4 Å². The zero-order valence-corrected chi connectivity index (χ0v) is 16.2. The van der Waals surface area contributed by atoms with Crippen molar-refractivity contribution in [1.29, 1.82) is 0 Å². The minimum Gasteiger partial charge on any atom is -0.497 e. The summed E-state index contributed by atoms with van der Waals surface area (Å²) in [6.07, 6.45) is 3.19. The van der Waals surface area contributed by atoms with E-state index in [1.54, 1.807) is 32.7 Å². The molecule has 0 spiro atoms. The van der Waals surface area contributed by atoms with Crippen LogP contribution < -0.4 is 20.1 Å². The van der Waals surface area contributed by atoms with Gasteiger partial charge in [-0.3, -0.25) is 9.78 Å². The molecule has 0 radical (unpaired) electrons. The molecule has 1 heterocycles. The van der Waals surface area contributed by atoms with Crippen LogP contribution in [-0.4, -0.2) is 25.1 Å². The first-order valence-corrected chi connectivity index (χ1v) is 8.87. The van der Waals surface area contributed by atoms with E-state index in [2.05, 4.69) is 15.6 Å². The number of carbonyl (C=O) groups excluding carboxylic acids is 1. The van der Waals surface area contributed by atoms with Crippen LogP contribution in [-0.2, 0) is 6.54 Å². The lowest BCUT2D eigenvalue weighted by Gasteiger charge is -2.13. The Morgan fingerprint density at radius 3 is 2.61 bits per heavy atom. The van der Waals surface area contributed by atoms with Crippen LogP contribution in [0.25, 0.3) is 0 Å². The summed E-state index contributed by atoms with van der Waals surface area (Å²) >= 11 is 0. The maximum atomic E-state index is 12.5. The fourth-order valence-corrected chi connectivity index (χ4v) is 2.79. The number of anilines is 2. The Bertz CT molecular complexity index is 973. The molecule has 144 valence electrons. The van der Waals surface area contributed by atoms with E-state index in [4.69, 9.17) is 9.47 Å². The molecule has 0 aliphatic rings. The smallest absolute Gasteiger partial charge is 0.253 e. The summed E-state index contributed by atoms with van der Waals surface area (Å²) in [5, 5.41) is 6.17. The summed E-state index contributed by atoms with van der Waals surface area (Å²) in [5.41, 5.74) is 4.09. The molecule has 0 aliphatic carbocycles. The van der Waals surface area contributed by atoms with Gasteiger partial charge in [-0.25, -0.2) is 0 Å². The molecule has 0 fully saturated rings. The molecule has 0 unspecified atom stereocenters. The fraction of sp³-hybridized carbons (Fsp3) is 0.182. The van der Waals surface area contributed by atoms with Crippen LogP contribution in [0, 0.1) is 6.92 Å². The van der Waals surface area contributed by atoms with E-state index in [1.807, 2.05) is 49.4 Å². The number of nitrogens with zero attached hydrogens (tertiary/aromatic N) is 1. The molecule has 0 saturated carbocycles. The third-order valence-corrected chi connectivity index (χ3v) is 4.39. The summed E-state index contributed by atoms with van der Waals surface area (Å²) in [6, 6.07) is 15.2. The van der Waals surface area contributed by atoms with Crippen molar-refractivity contribution in [1.82, 2.24) is 10.3 Å². The van der Waals surface area contributed by atoms with E-state index in [0.717, 1.165) is 16.8 Å². The maximum Gasteiger partial charge on any atom is 0.253 e. The molecule has 6 heteroatoms. The van der Waals surface area contributed by atoms with Gasteiger partial charge in [0.2, 0.25) is 0 Å². The number of ether oxygens (including phenoxy) is 2. The number of carbonyl (C=O) groups is 1. The van der Waals surface area contributed by atoms with Gasteiger partial charge in [0.1, 0.15) is 11.5 Å². The monoisotopic (exact) mass is 377 g/mol. The number of aromatic nitrogens is 1. The molecular formula is C22H23N3O3. The lowest BCUT2D eigenvalue weighted by Crippen LogP contribution is -2.23. The number of nitrogens with one attached hydrogen (secondary N) is 2. The van der Waals surface area contributed by atoms with Crippen molar-refractivity contribution in [2.75, 3.05) is 19.5 Å². The summed E-state index contributed by atoms with van der Waals surface area (Å²) in [6.45, 7) is 2.49. The van der Waals surface area contributed by atoms with Crippen LogP contribution in [0.3, 0.4) is 0 Å². The molecule has 1 amide bonds. The van der Waals surface area contributed by atoms with Crippen molar-refractivity contribution in [2.24, 2.45) is 0 Å². The zero-order valence-electron chi connectivity index (χ0n) is 16.2. The van der Waals surface area contributed by atoms with Gasteiger partial charge >= 0.3 is 0 Å². The van der Waals surface area contributed by atoms with Gasteiger partial charge in [-0.15, -0.1) is 0 Å². The van der Waals surface area contributed by atoms with Crippen molar-refractivity contribution in [2.45, 2.75) is 13.5 Å². The summed E-state index contributed by atoms with van der Waals surface area (Å²) in [4.78, 5) is 16.7. The largest absolute Gasteiger partial charge is 0.497 e. The van der Waals surface area contributed by atoms with Gasteiger partial charge in [0.15, 0.2) is 0 Å². The second-order valence-corrected chi connectivity index (χ2v) is 6.26. The van der Waals surface area contributed by atoms with Crippen molar-refractivity contribution < 1.29 is 14.3 Å². The fourth-order valence-electron chi connectivity index (χ4n) is 2.79. The Labute approximate surface area is 164 Å². The van der Waals surface area contributed by atoms with Crippen LogP contribution in [0.5, 0.6) is 11.5 Å². The minimum atomic E-state index is -0.183. The SMILES string of the molecule is COc1ccc(OC)c(Nc2cncc(C(=O)NCc3ccccc3C)c2)c1. The molecule has 2 N–H and O–H groups in total. The molecule has 0 bridgehead atoms. The number of hydrogen-bond donors (Lipinski definition) is 2. The highest BCUT2D eigenvalue weighted by Gasteiger charge is 2.10. The van der Waals surface area contributed by atoms with Crippen LogP contribution in [0.1, 0.15) is 21.5 Å². The van der Waals surface area contributed by atoms with Gasteiger partial charge in [0.05, 0.1) is 37.4 Å². The molecule has 0 atom stereocenters. The molecule has 28 heavy (non-hydrogen) atoms. The molecular weight excluding hydrogens is 354 g/mol. The third-order valence-electron chi connectivity index (χ3n) is 4.39. The lowest BCUT2D eigenvalue weighted by molar-refractivity contribution is 0.0950. The van der Waals surface area contributed by atoms with E-state index in [9.17, 15) is 4.79 Å². The predicted molar refractivity (Wildman–Crippen MR) is 109 cm³/mol. The number of hydrogen-bond acceptors (Lipinski definition) is 5. The Hall–Kier alpha value is -3.54. The van der Waals surface area contributed by atoms with E-state index in [0.29, 0.717) is 29.3 Å². The van der Waals surface area contributed by atoms with Crippen LogP contribution in [0.15, 0.2) is 60.9 Å². The molecule has 0 saturated heterocycles. The normalized spacial score (nSPS) is 10.2. The zero-order chi connectivity index (χ0) is 19.9. The standard InChI is InChI=1S/C22H23N3O3/c1-15-6-4-5-7-16(15)13-24-22(26)17-10-18(14-23-12-17)25-20-11-19(27-2)8-9-21(20)28-3/h4-12,14,25H,13H2,1-3H3,(H,24,26). The third kappa shape index (κ3) is 4.59. The van der Waals surface area contributed by atoms with Crippen molar-refractivity contribution in [3.63, 3.8) is 0 Å². The summed E-state index contributed by atoms with van der Waals surface area (Å²) < 4.78 is 10.6. The molecule has 3 rings (SSSR count). The first-order chi connectivity index (χ1) is 13.6. The van der Waals surface area contributed by atoms with Crippen molar-refractivity contribution in [3.05, 3.63) is 77.6 Å². The number of pyridine rings is 1. The van der Waals surface area contributed by atoms with Gasteiger partial charge in [-0.1, -0.05) is 24.3 Å². The quantitative estimate of drug-likeness (QED) is 0.649. The van der Waals surface area contributed by atoms with E-state index >= 15 is 0 Å². The van der Waals surface area contributed by atoms with Crippen LogP contribution in [0.2, 0.25) is 0 Å². The van der Waals surface area contributed by atoms with E-state index in [-0.39, 0.29) is 5.91 Å². The summed E-state index contributed by atoms with van der Waals surface area (Å²) in [7, 11) is 3.20. The molecule has 2 aromatic carbocycles. The predicted octanol–water partition coefficient (Wildman–Crippen LogP) is 4.08. The highest BCUT2D eigenvalue weighted by atomic mass is 16.5. The maximum absolute atomic E-state index is 12.5. The van der Waals surface area contributed by atoms with Crippen molar-refractivity contribution >= 4 is 17.3 Å². The number of methoxy groups -OCH3 is 2. The Morgan fingerprint density at radius 2 is 1.86 bits per heavy atom. The first-order valence-electron chi connectivity index (χ1n) is 8.87. The Kier molecular flexibility index (Phi) is 6.11. The van der Waals surface area contributed by atoms with Gasteiger partial charge < -0.3 is 20.1 Å². The first kappa shape index (κ1) is 19.2. The topological polar surface area (TPSA) is 72.5 Å². The highest BCUT2D eigenvalue weighted by Crippen LogP contribution is 2.31. The Morgan fingerprint density at radius 1 is 1.04 bits per heavy atom. The highest BCUT2D eigenvalue weighted by molar-refractivity contribution is 5.94. The molecule has 1 aromatic heterocycles. The average Bonchev–Trinajstić information content (AvgIpc) is 2.73. The number of aryl methyl sites for hydroxylation is 1. The molecule has 0 aliphatic heterocycles. The molecule has 3 aromatic rings. The molecule has 6 nitrogen and oxygen atoms in total. The van der Waals surface area contributed by atoms with Crippen molar-refractivity contribution in [3.8, 4) is 11.5 Å². The van der Waals surface area contributed by atoms with Crippen LogP contribution >= 0.6 is 0 Å².